The number of carbonyl (C=O) groups excluding carboxylic acids is 2. The number of esters is 1. The lowest BCUT2D eigenvalue weighted by Crippen LogP contribution is -2.44. The van der Waals surface area contributed by atoms with Crippen LogP contribution >= 0.6 is 0 Å². The number of benzene rings is 1. The Labute approximate surface area is 254 Å². The van der Waals surface area contributed by atoms with Gasteiger partial charge in [0.2, 0.25) is 0 Å². The summed E-state index contributed by atoms with van der Waals surface area (Å²) < 4.78 is 42.8. The van der Waals surface area contributed by atoms with Gasteiger partial charge in [0.15, 0.2) is 5.60 Å². The Morgan fingerprint density at radius 2 is 1.89 bits per heavy atom. The van der Waals surface area contributed by atoms with Crippen molar-refractivity contribution in [2.75, 3.05) is 17.8 Å². The van der Waals surface area contributed by atoms with Gasteiger partial charge in [-0.1, -0.05) is 6.92 Å². The Morgan fingerprint density at radius 1 is 1.14 bits per heavy atom. The van der Waals surface area contributed by atoms with Crippen LogP contribution in [0.4, 0.5) is 10.5 Å². The molecule has 0 radical (unpaired) electrons. The quantitative estimate of drug-likeness (QED) is 0.177. The smallest absolute Gasteiger partial charge is 0.407 e. The predicted octanol–water partition coefficient (Wildman–Crippen LogP) is 2.34. The number of anilines is 1. The van der Waals surface area contributed by atoms with E-state index in [1.165, 1.54) is 0 Å². The third-order valence-electron chi connectivity index (χ3n) is 8.26. The zero-order chi connectivity index (χ0) is 31.6. The number of rotatable bonds is 7. The van der Waals surface area contributed by atoms with Crippen molar-refractivity contribution in [2.45, 2.75) is 77.7 Å². The SMILES string of the molecule is CC[C@@]1(O)C(=O)OCc2c1cc1n(c2=O)Cc2c-1nc1ccc(NS(=O)(=O)NCCNC(=O)OC(C)(C)C)c3c1c2CCC3. The molecule has 14 heteroatoms. The number of alkyl carbamates (subject to hydrolysis) is 1. The van der Waals surface area contributed by atoms with Gasteiger partial charge in [-0.3, -0.25) is 9.52 Å². The molecule has 0 spiro atoms. The standard InChI is InChI=1S/C30H35N5O8S/c1-5-30(39)20-13-23-25-18(14-35(23)26(36)19(20)15-42-27(30)37)16-7-6-8-17-21(9-10-22(33-25)24(16)17)34-44(40,41)32-12-11-31-28(38)43-29(2,3)4/h9-10,13,32,34,39H,5-8,11-12,14-15H2,1-4H3,(H,31,38)/t30-/m0/s1. The van der Waals surface area contributed by atoms with Crippen LogP contribution in [0.1, 0.15) is 68.4 Å². The molecule has 44 heavy (non-hydrogen) atoms. The Hall–Kier alpha value is -4.01. The van der Waals surface area contributed by atoms with Crippen molar-refractivity contribution in [3.8, 4) is 11.4 Å². The van der Waals surface area contributed by atoms with Gasteiger partial charge in [0.05, 0.1) is 34.7 Å². The monoisotopic (exact) mass is 625 g/mol. The molecule has 234 valence electrons. The van der Waals surface area contributed by atoms with E-state index >= 15 is 0 Å². The molecule has 0 saturated carbocycles. The van der Waals surface area contributed by atoms with E-state index in [1.54, 1.807) is 50.5 Å². The number of ether oxygens (including phenoxy) is 2. The topological polar surface area (TPSA) is 178 Å². The molecule has 6 rings (SSSR count). The van der Waals surface area contributed by atoms with Crippen molar-refractivity contribution in [3.05, 3.63) is 56.4 Å². The van der Waals surface area contributed by atoms with Crippen LogP contribution in [0.15, 0.2) is 23.0 Å². The second kappa shape index (κ2) is 10.6. The highest BCUT2D eigenvalue weighted by Crippen LogP contribution is 2.43. The number of aromatic nitrogens is 2. The predicted molar refractivity (Wildman–Crippen MR) is 161 cm³/mol. The van der Waals surface area contributed by atoms with Gasteiger partial charge in [0.25, 0.3) is 15.8 Å². The average Bonchev–Trinajstić information content (AvgIpc) is 3.33. The molecule has 1 atom stereocenters. The molecule has 1 amide bonds. The third-order valence-corrected chi connectivity index (χ3v) is 9.33. The first-order valence-corrected chi connectivity index (χ1v) is 16.1. The highest BCUT2D eigenvalue weighted by molar-refractivity contribution is 7.90. The summed E-state index contributed by atoms with van der Waals surface area (Å²) in [7, 11) is -3.97. The number of amides is 1. The van der Waals surface area contributed by atoms with E-state index in [0.29, 0.717) is 29.0 Å². The Morgan fingerprint density at radius 3 is 2.61 bits per heavy atom. The van der Waals surface area contributed by atoms with Crippen molar-refractivity contribution in [2.24, 2.45) is 0 Å². The van der Waals surface area contributed by atoms with Crippen LogP contribution in [0.5, 0.6) is 0 Å². The van der Waals surface area contributed by atoms with Crippen LogP contribution in [0.25, 0.3) is 22.3 Å². The summed E-state index contributed by atoms with van der Waals surface area (Å²) in [6, 6.07) is 5.10. The first-order chi connectivity index (χ1) is 20.7. The lowest BCUT2D eigenvalue weighted by Gasteiger charge is -2.31. The fourth-order valence-electron chi connectivity index (χ4n) is 6.26. The van der Waals surface area contributed by atoms with Gasteiger partial charge in [0, 0.05) is 29.6 Å². The molecule has 0 unspecified atom stereocenters. The van der Waals surface area contributed by atoms with E-state index in [4.69, 9.17) is 14.5 Å². The molecule has 2 aromatic heterocycles. The molecule has 3 aliphatic rings. The number of aliphatic hydroxyl groups is 1. The number of nitrogens with zero attached hydrogens (tertiary/aromatic N) is 2. The fourth-order valence-corrected chi connectivity index (χ4v) is 7.18. The van der Waals surface area contributed by atoms with Crippen LogP contribution in [0.3, 0.4) is 0 Å². The molecule has 0 bridgehead atoms. The van der Waals surface area contributed by atoms with Gasteiger partial charge >= 0.3 is 12.1 Å². The molecule has 13 nitrogen and oxygen atoms in total. The minimum atomic E-state index is -3.97. The minimum absolute atomic E-state index is 0.0416. The van der Waals surface area contributed by atoms with Crippen LogP contribution in [0, 0.1) is 0 Å². The van der Waals surface area contributed by atoms with E-state index in [1.807, 2.05) is 0 Å². The van der Waals surface area contributed by atoms with E-state index < -0.39 is 33.5 Å². The maximum Gasteiger partial charge on any atom is 0.407 e. The van der Waals surface area contributed by atoms with Gasteiger partial charge in [-0.05, 0) is 75.8 Å². The van der Waals surface area contributed by atoms with Gasteiger partial charge in [-0.25, -0.2) is 14.6 Å². The summed E-state index contributed by atoms with van der Waals surface area (Å²) in [5, 5.41) is 14.5. The third kappa shape index (κ3) is 5.10. The molecule has 1 aromatic carbocycles. The van der Waals surface area contributed by atoms with Crippen molar-refractivity contribution in [1.29, 1.82) is 0 Å². The van der Waals surface area contributed by atoms with Crippen LogP contribution in [-0.4, -0.2) is 53.8 Å². The number of aryl methyl sites for hydroxylation is 2. The molecule has 1 aliphatic carbocycles. The van der Waals surface area contributed by atoms with Crippen LogP contribution < -0.4 is 20.3 Å². The number of carbonyl (C=O) groups is 2. The zero-order valence-corrected chi connectivity index (χ0v) is 25.8. The molecular formula is C30H35N5O8S. The number of fused-ring (bicyclic) bond motifs is 5. The molecular weight excluding hydrogens is 590 g/mol. The van der Waals surface area contributed by atoms with Crippen molar-refractivity contribution in [3.63, 3.8) is 0 Å². The zero-order valence-electron chi connectivity index (χ0n) is 25.0. The number of hydrogen-bond donors (Lipinski definition) is 4. The van der Waals surface area contributed by atoms with Crippen LogP contribution in [-0.2, 0) is 56.1 Å². The first-order valence-electron chi connectivity index (χ1n) is 14.6. The molecule has 0 fully saturated rings. The Kier molecular flexibility index (Phi) is 7.21. The molecule has 2 aliphatic heterocycles. The minimum Gasteiger partial charge on any atom is -0.458 e. The average molecular weight is 626 g/mol. The lowest BCUT2D eigenvalue weighted by molar-refractivity contribution is -0.172. The number of cyclic esters (lactones) is 1. The van der Waals surface area contributed by atoms with Crippen molar-refractivity contribution < 1.29 is 32.6 Å². The maximum atomic E-state index is 13.6. The number of hydrogen-bond acceptors (Lipinski definition) is 9. The summed E-state index contributed by atoms with van der Waals surface area (Å²) >= 11 is 0. The van der Waals surface area contributed by atoms with E-state index in [9.17, 15) is 27.9 Å². The summed E-state index contributed by atoms with van der Waals surface area (Å²) in [4.78, 5) is 42.8. The van der Waals surface area contributed by atoms with Gasteiger partial charge in [-0.15, -0.1) is 0 Å². The Balaban J connectivity index is 1.30. The summed E-state index contributed by atoms with van der Waals surface area (Å²) in [6.45, 7) is 6.94. The van der Waals surface area contributed by atoms with E-state index in [0.717, 1.165) is 34.9 Å². The maximum absolute atomic E-state index is 13.6. The highest BCUT2D eigenvalue weighted by Gasteiger charge is 2.45. The summed E-state index contributed by atoms with van der Waals surface area (Å²) in [5.41, 5.74) is 2.55. The largest absolute Gasteiger partial charge is 0.458 e. The highest BCUT2D eigenvalue weighted by atomic mass is 32.2. The molecule has 4 N–H and O–H groups in total. The Bertz CT molecular complexity index is 1900. The summed E-state index contributed by atoms with van der Waals surface area (Å²) in [6.07, 6.45) is 1.55. The molecule has 4 heterocycles. The van der Waals surface area contributed by atoms with Crippen molar-refractivity contribution in [1.82, 2.24) is 19.6 Å². The lowest BCUT2D eigenvalue weighted by atomic mass is 9.85. The first kappa shape index (κ1) is 30.0. The van der Waals surface area contributed by atoms with E-state index in [-0.39, 0.29) is 49.3 Å². The van der Waals surface area contributed by atoms with Crippen molar-refractivity contribution >= 4 is 38.9 Å². The number of pyridine rings is 2. The van der Waals surface area contributed by atoms with Gasteiger partial charge < -0.3 is 24.5 Å². The fraction of sp³-hybridized carbons (Fsp3) is 0.467. The van der Waals surface area contributed by atoms with Gasteiger partial charge in [-0.2, -0.15) is 13.1 Å². The molecule has 3 aromatic rings. The van der Waals surface area contributed by atoms with E-state index in [2.05, 4.69) is 14.8 Å². The summed E-state index contributed by atoms with van der Waals surface area (Å²) in [5.74, 6) is -0.773. The van der Waals surface area contributed by atoms with Crippen LogP contribution in [0.2, 0.25) is 0 Å². The number of nitrogens with one attached hydrogen (secondary N) is 3. The second-order valence-corrected chi connectivity index (χ2v) is 13.8. The molecule has 0 saturated heterocycles. The second-order valence-electron chi connectivity index (χ2n) is 12.3. The van der Waals surface area contributed by atoms with Gasteiger partial charge in [0.1, 0.15) is 12.2 Å². The normalized spacial score (nSPS) is 18.7.